The molecule has 92 valence electrons. The number of carbonyl (C=O) groups is 1. The molecule has 1 fully saturated rings. The van der Waals surface area contributed by atoms with Gasteiger partial charge in [0.15, 0.2) is 5.78 Å². The van der Waals surface area contributed by atoms with E-state index in [1.165, 1.54) is 12.8 Å². The minimum atomic E-state index is 0.204. The number of ketones is 1. The second kappa shape index (κ2) is 4.52. The van der Waals surface area contributed by atoms with E-state index < -0.39 is 0 Å². The molecule has 1 saturated carbocycles. The number of rotatable bonds is 2. The van der Waals surface area contributed by atoms with Crippen molar-refractivity contribution < 1.29 is 4.79 Å². The van der Waals surface area contributed by atoms with Gasteiger partial charge in [0.05, 0.1) is 5.52 Å². The van der Waals surface area contributed by atoms with Gasteiger partial charge in [0, 0.05) is 23.1 Å². The lowest BCUT2D eigenvalue weighted by Gasteiger charge is -2.15. The lowest BCUT2D eigenvalue weighted by atomic mass is 9.88. The molecule has 0 amide bonds. The summed E-state index contributed by atoms with van der Waals surface area (Å²) < 4.78 is 0. The number of carbonyl (C=O) groups excluding carboxylic acids is 1. The quantitative estimate of drug-likeness (QED) is 0.745. The SMILES string of the molecule is CC1CCCC1C(=O)c1cccc2ncccc12. The Balaban J connectivity index is 2.06. The third kappa shape index (κ3) is 1.82. The van der Waals surface area contributed by atoms with Crippen LogP contribution in [0.3, 0.4) is 0 Å². The van der Waals surface area contributed by atoms with Crippen LogP contribution in [0, 0.1) is 11.8 Å². The zero-order valence-electron chi connectivity index (χ0n) is 10.6. The van der Waals surface area contributed by atoms with E-state index in [9.17, 15) is 4.79 Å². The summed E-state index contributed by atoms with van der Waals surface area (Å²) in [6.45, 7) is 2.19. The smallest absolute Gasteiger partial charge is 0.166 e. The number of pyridine rings is 1. The van der Waals surface area contributed by atoms with Gasteiger partial charge in [-0.2, -0.15) is 0 Å². The molecule has 2 heteroatoms. The van der Waals surface area contributed by atoms with Crippen LogP contribution in [-0.4, -0.2) is 10.8 Å². The molecule has 3 rings (SSSR count). The molecule has 1 aliphatic carbocycles. The van der Waals surface area contributed by atoms with E-state index in [0.29, 0.717) is 11.7 Å². The van der Waals surface area contributed by atoms with Crippen molar-refractivity contribution in [3.05, 3.63) is 42.1 Å². The van der Waals surface area contributed by atoms with Gasteiger partial charge in [-0.3, -0.25) is 9.78 Å². The van der Waals surface area contributed by atoms with Crippen LogP contribution in [-0.2, 0) is 0 Å². The molecule has 2 aromatic rings. The Morgan fingerprint density at radius 3 is 2.89 bits per heavy atom. The van der Waals surface area contributed by atoms with Gasteiger partial charge in [0.2, 0.25) is 0 Å². The van der Waals surface area contributed by atoms with Crippen molar-refractivity contribution in [1.82, 2.24) is 4.98 Å². The molecule has 1 aromatic heterocycles. The molecule has 1 aromatic carbocycles. The van der Waals surface area contributed by atoms with Crippen LogP contribution in [0.5, 0.6) is 0 Å². The molecule has 0 spiro atoms. The van der Waals surface area contributed by atoms with Gasteiger partial charge < -0.3 is 0 Å². The summed E-state index contributed by atoms with van der Waals surface area (Å²) in [6.07, 6.45) is 5.17. The Kier molecular flexibility index (Phi) is 2.86. The molecular weight excluding hydrogens is 222 g/mol. The molecule has 2 atom stereocenters. The third-order valence-electron chi connectivity index (χ3n) is 4.11. The van der Waals surface area contributed by atoms with Crippen molar-refractivity contribution >= 4 is 16.7 Å². The first kappa shape index (κ1) is 11.4. The second-order valence-corrected chi connectivity index (χ2v) is 5.25. The number of aromatic nitrogens is 1. The van der Waals surface area contributed by atoms with E-state index in [2.05, 4.69) is 11.9 Å². The first-order valence-electron chi connectivity index (χ1n) is 6.65. The molecule has 0 bridgehead atoms. The van der Waals surface area contributed by atoms with Crippen molar-refractivity contribution in [1.29, 1.82) is 0 Å². The maximum absolute atomic E-state index is 12.6. The highest BCUT2D eigenvalue weighted by Crippen LogP contribution is 2.34. The maximum Gasteiger partial charge on any atom is 0.166 e. The zero-order chi connectivity index (χ0) is 12.5. The van der Waals surface area contributed by atoms with E-state index in [-0.39, 0.29) is 5.92 Å². The summed E-state index contributed by atoms with van der Waals surface area (Å²) in [7, 11) is 0. The number of hydrogen-bond donors (Lipinski definition) is 0. The van der Waals surface area contributed by atoms with Gasteiger partial charge in [-0.25, -0.2) is 0 Å². The normalized spacial score (nSPS) is 23.4. The standard InChI is InChI=1S/C16H17NO/c1-11-5-2-6-12(11)16(18)14-7-3-9-15-13(14)8-4-10-17-15/h3-4,7-12H,2,5-6H2,1H3. The van der Waals surface area contributed by atoms with Crippen LogP contribution in [0.15, 0.2) is 36.5 Å². The van der Waals surface area contributed by atoms with E-state index in [4.69, 9.17) is 0 Å². The monoisotopic (exact) mass is 239 g/mol. The van der Waals surface area contributed by atoms with Gasteiger partial charge in [-0.1, -0.05) is 31.5 Å². The minimum Gasteiger partial charge on any atom is -0.294 e. The molecule has 0 N–H and O–H groups in total. The van der Waals surface area contributed by atoms with Crippen LogP contribution in [0.2, 0.25) is 0 Å². The van der Waals surface area contributed by atoms with Gasteiger partial charge in [-0.15, -0.1) is 0 Å². The fourth-order valence-electron chi connectivity index (χ4n) is 3.05. The molecule has 0 aliphatic heterocycles. The number of nitrogens with zero attached hydrogens (tertiary/aromatic N) is 1. The first-order chi connectivity index (χ1) is 8.77. The highest BCUT2D eigenvalue weighted by Gasteiger charge is 2.30. The number of benzene rings is 1. The second-order valence-electron chi connectivity index (χ2n) is 5.25. The lowest BCUT2D eigenvalue weighted by Crippen LogP contribution is -2.17. The summed E-state index contributed by atoms with van der Waals surface area (Å²) >= 11 is 0. The van der Waals surface area contributed by atoms with E-state index in [0.717, 1.165) is 22.9 Å². The molecule has 0 saturated heterocycles. The van der Waals surface area contributed by atoms with Gasteiger partial charge >= 0.3 is 0 Å². The van der Waals surface area contributed by atoms with Crippen molar-refractivity contribution in [3.63, 3.8) is 0 Å². The topological polar surface area (TPSA) is 30.0 Å². The van der Waals surface area contributed by atoms with Crippen molar-refractivity contribution in [2.75, 3.05) is 0 Å². The van der Waals surface area contributed by atoms with Crippen molar-refractivity contribution in [2.24, 2.45) is 11.8 Å². The average molecular weight is 239 g/mol. The maximum atomic E-state index is 12.6. The van der Waals surface area contributed by atoms with Crippen LogP contribution in [0.1, 0.15) is 36.5 Å². The predicted molar refractivity (Wildman–Crippen MR) is 72.6 cm³/mol. The Hall–Kier alpha value is -1.70. The van der Waals surface area contributed by atoms with Crippen molar-refractivity contribution in [3.8, 4) is 0 Å². The summed E-state index contributed by atoms with van der Waals surface area (Å²) in [5, 5.41) is 0.990. The highest BCUT2D eigenvalue weighted by molar-refractivity contribution is 6.08. The van der Waals surface area contributed by atoms with E-state index in [1.54, 1.807) is 6.20 Å². The summed E-state index contributed by atoms with van der Waals surface area (Å²) in [5.41, 5.74) is 1.76. The molecule has 0 radical (unpaired) electrons. The van der Waals surface area contributed by atoms with E-state index >= 15 is 0 Å². The van der Waals surface area contributed by atoms with Crippen molar-refractivity contribution in [2.45, 2.75) is 26.2 Å². The number of Topliss-reactive ketones (excluding diaryl/α,β-unsaturated/α-hetero) is 1. The number of fused-ring (bicyclic) bond motifs is 1. The molecule has 2 unspecified atom stereocenters. The van der Waals surface area contributed by atoms with Crippen LogP contribution < -0.4 is 0 Å². The molecule has 1 heterocycles. The van der Waals surface area contributed by atoms with Crippen LogP contribution >= 0.6 is 0 Å². The Labute approximate surface area is 107 Å². The molecule has 2 nitrogen and oxygen atoms in total. The first-order valence-corrected chi connectivity index (χ1v) is 6.65. The zero-order valence-corrected chi connectivity index (χ0v) is 10.6. The fraction of sp³-hybridized carbons (Fsp3) is 0.375. The summed E-state index contributed by atoms with van der Waals surface area (Å²) in [6, 6.07) is 9.73. The van der Waals surface area contributed by atoms with E-state index in [1.807, 2.05) is 30.3 Å². The minimum absolute atomic E-state index is 0.204. The fourth-order valence-corrected chi connectivity index (χ4v) is 3.05. The van der Waals surface area contributed by atoms with Gasteiger partial charge in [0.25, 0.3) is 0 Å². The number of hydrogen-bond acceptors (Lipinski definition) is 2. The predicted octanol–water partition coefficient (Wildman–Crippen LogP) is 3.85. The van der Waals surface area contributed by atoms with Crippen LogP contribution in [0.25, 0.3) is 10.9 Å². The Morgan fingerprint density at radius 2 is 2.11 bits per heavy atom. The molecular formula is C16H17NO. The third-order valence-corrected chi connectivity index (χ3v) is 4.11. The highest BCUT2D eigenvalue weighted by atomic mass is 16.1. The Morgan fingerprint density at radius 1 is 1.22 bits per heavy atom. The average Bonchev–Trinajstić information content (AvgIpc) is 2.83. The van der Waals surface area contributed by atoms with Gasteiger partial charge in [-0.05, 0) is 30.9 Å². The van der Waals surface area contributed by atoms with Crippen LogP contribution in [0.4, 0.5) is 0 Å². The Bertz CT molecular complexity index is 585. The summed E-state index contributed by atoms with van der Waals surface area (Å²) in [4.78, 5) is 17.0. The van der Waals surface area contributed by atoms with Gasteiger partial charge in [0.1, 0.15) is 0 Å². The molecule has 1 aliphatic rings. The largest absolute Gasteiger partial charge is 0.294 e. The molecule has 18 heavy (non-hydrogen) atoms. The lowest BCUT2D eigenvalue weighted by molar-refractivity contribution is 0.0899. The summed E-state index contributed by atoms with van der Waals surface area (Å²) in [5.74, 6) is 1.03.